The van der Waals surface area contributed by atoms with Crippen LogP contribution in [0.25, 0.3) is 0 Å². The van der Waals surface area contributed by atoms with Crippen LogP contribution in [0.4, 0.5) is 13.2 Å². The van der Waals surface area contributed by atoms with Crippen molar-refractivity contribution in [2.75, 3.05) is 32.9 Å². The average molecular weight is 491 g/mol. The number of hydrogen-bond donors (Lipinski definition) is 2. The van der Waals surface area contributed by atoms with Gasteiger partial charge in [0.1, 0.15) is 33.5 Å². The van der Waals surface area contributed by atoms with E-state index in [1.165, 1.54) is 13.0 Å². The van der Waals surface area contributed by atoms with Crippen LogP contribution in [-0.4, -0.2) is 61.8 Å². The van der Waals surface area contributed by atoms with Gasteiger partial charge in [-0.3, -0.25) is 0 Å². The number of sulfonamides is 1. The number of carboxylic acid groups (broad SMARTS) is 1. The van der Waals surface area contributed by atoms with Crippen LogP contribution in [-0.2, 0) is 25.7 Å². The molecule has 2 aromatic rings. The zero-order chi connectivity index (χ0) is 24.4. The van der Waals surface area contributed by atoms with Crippen LogP contribution in [0.2, 0.25) is 0 Å². The lowest BCUT2D eigenvalue weighted by atomic mass is 10.1. The number of halogens is 3. The Balaban J connectivity index is 1.99. The summed E-state index contributed by atoms with van der Waals surface area (Å²) in [4.78, 5) is 10.1. The van der Waals surface area contributed by atoms with Crippen molar-refractivity contribution in [2.24, 2.45) is 0 Å². The third-order valence-corrected chi connectivity index (χ3v) is 6.58. The number of aryl methyl sites for hydroxylation is 1. The summed E-state index contributed by atoms with van der Waals surface area (Å²) in [5.41, 5.74) is -1.27. The number of hydrogen-bond acceptors (Lipinski definition) is 7. The number of carboxylic acids is 1. The Kier molecular flexibility index (Phi) is 7.05. The van der Waals surface area contributed by atoms with Gasteiger partial charge in [-0.05, 0) is 36.8 Å². The molecule has 33 heavy (non-hydrogen) atoms. The van der Waals surface area contributed by atoms with E-state index in [1.807, 2.05) is 0 Å². The lowest BCUT2D eigenvalue weighted by Crippen LogP contribution is -2.40. The first-order chi connectivity index (χ1) is 15.4. The number of alkyl halides is 3. The van der Waals surface area contributed by atoms with Gasteiger partial charge in [-0.15, -0.1) is 0 Å². The van der Waals surface area contributed by atoms with Crippen molar-refractivity contribution < 1.29 is 50.8 Å². The number of phenolic OH excluding ortho intramolecular Hbond substituents is 1. The Morgan fingerprint density at radius 2 is 1.82 bits per heavy atom. The molecule has 2 N–H and O–H groups in total. The number of phenols is 1. The second-order valence-electron chi connectivity index (χ2n) is 7.05. The molecule has 0 unspecified atom stereocenters. The van der Waals surface area contributed by atoms with Gasteiger partial charge in [-0.1, -0.05) is 0 Å². The minimum absolute atomic E-state index is 0.0316. The number of ether oxygens (including phenoxy) is 3. The summed E-state index contributed by atoms with van der Waals surface area (Å²) in [5.74, 6) is -3.15. The van der Waals surface area contributed by atoms with Gasteiger partial charge in [-0.25, -0.2) is 13.2 Å². The molecule has 0 amide bonds. The second kappa shape index (κ2) is 9.45. The number of morpholine rings is 1. The molecule has 0 saturated carbocycles. The van der Waals surface area contributed by atoms with E-state index in [4.69, 9.17) is 19.3 Å². The first-order valence-corrected chi connectivity index (χ1v) is 11.0. The fourth-order valence-electron chi connectivity index (χ4n) is 3.12. The van der Waals surface area contributed by atoms with Crippen LogP contribution in [0.15, 0.2) is 35.2 Å². The van der Waals surface area contributed by atoms with E-state index < -0.39 is 50.7 Å². The van der Waals surface area contributed by atoms with E-state index in [0.717, 1.165) is 22.5 Å². The van der Waals surface area contributed by atoms with Gasteiger partial charge in [0, 0.05) is 19.2 Å². The van der Waals surface area contributed by atoms with E-state index in [-0.39, 0.29) is 43.4 Å². The molecule has 1 saturated heterocycles. The molecule has 2 aromatic carbocycles. The number of aliphatic carboxylic acids is 1. The number of benzene rings is 2. The average Bonchev–Trinajstić information content (AvgIpc) is 2.74. The summed E-state index contributed by atoms with van der Waals surface area (Å²) in [6, 6.07) is 4.84. The molecule has 1 heterocycles. The summed E-state index contributed by atoms with van der Waals surface area (Å²) in [7, 11) is -4.15. The second-order valence-corrected chi connectivity index (χ2v) is 8.95. The molecule has 0 spiro atoms. The largest absolute Gasteiger partial charge is 0.507 e. The van der Waals surface area contributed by atoms with Crippen molar-refractivity contribution in [1.29, 1.82) is 0 Å². The Bertz CT molecular complexity index is 1140. The summed E-state index contributed by atoms with van der Waals surface area (Å²) < 4.78 is 83.3. The highest BCUT2D eigenvalue weighted by Gasteiger charge is 2.37. The highest BCUT2D eigenvalue weighted by Crippen LogP contribution is 2.43. The van der Waals surface area contributed by atoms with Gasteiger partial charge in [0.2, 0.25) is 10.0 Å². The Morgan fingerprint density at radius 1 is 1.15 bits per heavy atom. The molecule has 13 heteroatoms. The molecule has 180 valence electrons. The van der Waals surface area contributed by atoms with Crippen molar-refractivity contribution in [2.45, 2.75) is 18.0 Å². The zero-order valence-electron chi connectivity index (χ0n) is 17.3. The minimum Gasteiger partial charge on any atom is -0.507 e. The Morgan fingerprint density at radius 3 is 2.42 bits per heavy atom. The van der Waals surface area contributed by atoms with E-state index in [0.29, 0.717) is 6.07 Å². The standard InChI is InChI=1S/C20H20F3NO8S/c1-12-8-14(31-11-18(26)27)9-15(20(21,22)23)19(12)32-13-2-3-16(25)17(10-13)33(28,29)24-4-6-30-7-5-24/h2-3,8-10,25H,4-7,11H2,1H3,(H,26,27). The van der Waals surface area contributed by atoms with E-state index >= 15 is 0 Å². The van der Waals surface area contributed by atoms with Gasteiger partial charge in [0.05, 0.1) is 13.2 Å². The van der Waals surface area contributed by atoms with Crippen molar-refractivity contribution in [3.8, 4) is 23.0 Å². The van der Waals surface area contributed by atoms with Gasteiger partial charge >= 0.3 is 12.1 Å². The maximum atomic E-state index is 13.7. The van der Waals surface area contributed by atoms with Gasteiger partial charge in [-0.2, -0.15) is 17.5 Å². The quantitative estimate of drug-likeness (QED) is 0.606. The summed E-state index contributed by atoms with van der Waals surface area (Å²) >= 11 is 0. The maximum Gasteiger partial charge on any atom is 0.420 e. The predicted octanol–water partition coefficient (Wildman–Crippen LogP) is 3.00. The molecule has 0 bridgehead atoms. The smallest absolute Gasteiger partial charge is 0.420 e. The zero-order valence-corrected chi connectivity index (χ0v) is 18.1. The summed E-state index contributed by atoms with van der Waals surface area (Å²) in [6.45, 7) is 0.910. The SMILES string of the molecule is Cc1cc(OCC(=O)O)cc(C(F)(F)F)c1Oc1ccc(O)c(S(=O)(=O)N2CCOCC2)c1. The Hall–Kier alpha value is -3.03. The molecule has 0 aliphatic carbocycles. The molecule has 9 nitrogen and oxygen atoms in total. The monoisotopic (exact) mass is 491 g/mol. The first-order valence-electron chi connectivity index (χ1n) is 9.55. The van der Waals surface area contributed by atoms with Crippen LogP contribution >= 0.6 is 0 Å². The highest BCUT2D eigenvalue weighted by atomic mass is 32.2. The van der Waals surface area contributed by atoms with Crippen LogP contribution in [0, 0.1) is 6.92 Å². The fourth-order valence-corrected chi connectivity index (χ4v) is 4.63. The van der Waals surface area contributed by atoms with Crippen LogP contribution in [0.5, 0.6) is 23.0 Å². The predicted molar refractivity (Wildman–Crippen MR) is 107 cm³/mol. The molecule has 1 aliphatic rings. The normalized spacial score (nSPS) is 15.3. The molecular weight excluding hydrogens is 471 g/mol. The lowest BCUT2D eigenvalue weighted by molar-refractivity contribution is -0.139. The van der Waals surface area contributed by atoms with Gasteiger partial charge in [0.15, 0.2) is 6.61 Å². The molecule has 1 fully saturated rings. The summed E-state index contributed by atoms with van der Waals surface area (Å²) in [5, 5.41) is 18.8. The lowest BCUT2D eigenvalue weighted by Gasteiger charge is -2.26. The number of carbonyl (C=O) groups is 1. The van der Waals surface area contributed by atoms with Gasteiger partial charge in [0.25, 0.3) is 0 Å². The van der Waals surface area contributed by atoms with Crippen LogP contribution in [0.1, 0.15) is 11.1 Å². The van der Waals surface area contributed by atoms with Crippen LogP contribution in [0.3, 0.4) is 0 Å². The molecule has 1 aliphatic heterocycles. The van der Waals surface area contributed by atoms with Crippen LogP contribution < -0.4 is 9.47 Å². The van der Waals surface area contributed by atoms with E-state index in [2.05, 4.69) is 0 Å². The molecule has 0 atom stereocenters. The van der Waals surface area contributed by atoms with Gasteiger partial charge < -0.3 is 24.4 Å². The van der Waals surface area contributed by atoms with E-state index in [9.17, 15) is 31.5 Å². The van der Waals surface area contributed by atoms with Crippen molar-refractivity contribution in [1.82, 2.24) is 4.31 Å². The van der Waals surface area contributed by atoms with Crippen molar-refractivity contribution in [3.05, 3.63) is 41.5 Å². The number of rotatable bonds is 7. The van der Waals surface area contributed by atoms with E-state index in [1.54, 1.807) is 0 Å². The summed E-state index contributed by atoms with van der Waals surface area (Å²) in [6.07, 6.45) is -4.89. The number of aromatic hydroxyl groups is 1. The minimum atomic E-state index is -4.89. The van der Waals surface area contributed by atoms with Crippen molar-refractivity contribution >= 4 is 16.0 Å². The third-order valence-electron chi connectivity index (χ3n) is 4.65. The third kappa shape index (κ3) is 5.67. The van der Waals surface area contributed by atoms with Crippen molar-refractivity contribution in [3.63, 3.8) is 0 Å². The highest BCUT2D eigenvalue weighted by molar-refractivity contribution is 7.89. The fraction of sp³-hybridized carbons (Fsp3) is 0.350. The number of nitrogens with zero attached hydrogens (tertiary/aromatic N) is 1. The molecule has 0 aromatic heterocycles. The topological polar surface area (TPSA) is 123 Å². The molecule has 3 rings (SSSR count). The Labute approximate surface area is 187 Å². The maximum absolute atomic E-state index is 13.7. The molecular formula is C20H20F3NO8S. The first kappa shape index (κ1) is 24.6. The molecule has 0 radical (unpaired) electrons.